The summed E-state index contributed by atoms with van der Waals surface area (Å²) >= 11 is 0. The molecule has 0 aliphatic heterocycles. The summed E-state index contributed by atoms with van der Waals surface area (Å²) in [5.74, 6) is 0.282. The number of carbonyl (C=O) groups is 1. The van der Waals surface area contributed by atoms with E-state index in [2.05, 4.69) is 54.6 Å². The van der Waals surface area contributed by atoms with Crippen LogP contribution < -0.4 is 10.5 Å². The van der Waals surface area contributed by atoms with Gasteiger partial charge in [-0.05, 0) is 64.9 Å². The lowest BCUT2D eigenvalue weighted by Gasteiger charge is -2.24. The van der Waals surface area contributed by atoms with Crippen molar-refractivity contribution in [2.75, 3.05) is 13.2 Å². The summed E-state index contributed by atoms with van der Waals surface area (Å²) in [7, 11) is 0. The van der Waals surface area contributed by atoms with Gasteiger partial charge in [-0.25, -0.2) is 0 Å². The summed E-state index contributed by atoms with van der Waals surface area (Å²) in [5, 5.41) is 0. The molecule has 1 aliphatic carbocycles. The van der Waals surface area contributed by atoms with Crippen LogP contribution in [0.1, 0.15) is 42.9 Å². The average Bonchev–Trinajstić information content (AvgIpc) is 3.14. The third-order valence-corrected chi connectivity index (χ3v) is 6.00. The van der Waals surface area contributed by atoms with E-state index in [9.17, 15) is 4.79 Å². The number of benzene rings is 3. The van der Waals surface area contributed by atoms with E-state index in [1.807, 2.05) is 38.1 Å². The smallest absolute Gasteiger partial charge is 0.247 e. The van der Waals surface area contributed by atoms with E-state index in [0.717, 1.165) is 17.7 Å². The molecule has 3 aromatic carbocycles. The lowest BCUT2D eigenvalue weighted by Crippen LogP contribution is -2.36. The van der Waals surface area contributed by atoms with Crippen LogP contribution in [0, 0.1) is 0 Å². The molecule has 3 aromatic rings. The molecule has 0 radical (unpaired) electrons. The molecule has 0 saturated heterocycles. The van der Waals surface area contributed by atoms with Gasteiger partial charge in [0.15, 0.2) is 0 Å². The maximum atomic E-state index is 11.8. The molecule has 164 valence electrons. The van der Waals surface area contributed by atoms with Gasteiger partial charge >= 0.3 is 0 Å². The van der Waals surface area contributed by atoms with E-state index in [-0.39, 0.29) is 5.92 Å². The molecule has 0 heterocycles. The second kappa shape index (κ2) is 9.84. The number of primary amides is 1. The molecule has 32 heavy (non-hydrogen) atoms. The summed E-state index contributed by atoms with van der Waals surface area (Å²) in [6.07, 6.45) is 2.29. The topological polar surface area (TPSA) is 61.5 Å². The SMILES string of the molecule is CCOC(C(N)=O)C(CC)c1ccc(OCC=C2c3ccccc3-c3ccccc32)cc1. The number of nitrogens with two attached hydrogens (primary N) is 1. The van der Waals surface area contributed by atoms with Crippen molar-refractivity contribution in [2.45, 2.75) is 32.3 Å². The predicted octanol–water partition coefficient (Wildman–Crippen LogP) is 5.56. The molecular weight excluding hydrogens is 398 g/mol. The van der Waals surface area contributed by atoms with Gasteiger partial charge in [0, 0.05) is 12.5 Å². The van der Waals surface area contributed by atoms with E-state index in [1.54, 1.807) is 0 Å². The van der Waals surface area contributed by atoms with Crippen molar-refractivity contribution in [3.8, 4) is 16.9 Å². The average molecular weight is 428 g/mol. The van der Waals surface area contributed by atoms with Crippen LogP contribution in [0.5, 0.6) is 5.75 Å². The Balaban J connectivity index is 1.48. The Morgan fingerprint density at radius 3 is 1.94 bits per heavy atom. The molecule has 0 fully saturated rings. The molecule has 0 bridgehead atoms. The number of hydrogen-bond donors (Lipinski definition) is 1. The standard InChI is InChI=1S/C28H29NO3/c1-3-21(27(28(29)30)31-4-2)19-13-15-20(16-14-19)32-18-17-26-24-11-7-5-9-22(24)23-10-6-8-12-25(23)26/h5-17,21,27H,3-4,18H2,1-2H3,(H2,29,30). The Kier molecular flexibility index (Phi) is 6.72. The predicted molar refractivity (Wildman–Crippen MR) is 129 cm³/mol. The highest BCUT2D eigenvalue weighted by Gasteiger charge is 2.27. The first kappa shape index (κ1) is 21.8. The third kappa shape index (κ3) is 4.32. The van der Waals surface area contributed by atoms with Crippen LogP contribution in [0.4, 0.5) is 0 Å². The number of carbonyl (C=O) groups excluding carboxylic acids is 1. The fourth-order valence-corrected chi connectivity index (χ4v) is 4.50. The Labute approximate surface area is 189 Å². The van der Waals surface area contributed by atoms with Crippen molar-refractivity contribution in [3.63, 3.8) is 0 Å². The Morgan fingerprint density at radius 2 is 1.44 bits per heavy atom. The van der Waals surface area contributed by atoms with Crippen LogP contribution in [0.3, 0.4) is 0 Å². The minimum atomic E-state index is -0.621. The fraction of sp³-hybridized carbons (Fsp3) is 0.250. The minimum absolute atomic E-state index is 0.0740. The number of hydrogen-bond acceptors (Lipinski definition) is 3. The van der Waals surface area contributed by atoms with Crippen molar-refractivity contribution in [2.24, 2.45) is 5.73 Å². The first-order chi connectivity index (χ1) is 15.6. The first-order valence-electron chi connectivity index (χ1n) is 11.2. The lowest BCUT2D eigenvalue weighted by atomic mass is 9.90. The quantitative estimate of drug-likeness (QED) is 0.380. The largest absolute Gasteiger partial charge is 0.490 e. The number of ether oxygens (including phenoxy) is 2. The molecule has 2 atom stereocenters. The van der Waals surface area contributed by atoms with Crippen molar-refractivity contribution in [1.82, 2.24) is 0 Å². The number of amides is 1. The summed E-state index contributed by atoms with van der Waals surface area (Å²) in [4.78, 5) is 11.8. The second-order valence-electron chi connectivity index (χ2n) is 7.88. The first-order valence-corrected chi connectivity index (χ1v) is 11.2. The molecule has 2 N–H and O–H groups in total. The molecule has 1 amide bonds. The lowest BCUT2D eigenvalue weighted by molar-refractivity contribution is -0.130. The fourth-order valence-electron chi connectivity index (χ4n) is 4.50. The molecule has 0 saturated carbocycles. The van der Waals surface area contributed by atoms with Crippen molar-refractivity contribution >= 4 is 11.5 Å². The van der Waals surface area contributed by atoms with Gasteiger partial charge in [-0.15, -0.1) is 0 Å². The molecule has 0 aromatic heterocycles. The van der Waals surface area contributed by atoms with Crippen molar-refractivity contribution < 1.29 is 14.3 Å². The highest BCUT2D eigenvalue weighted by Crippen LogP contribution is 2.43. The zero-order valence-corrected chi connectivity index (χ0v) is 18.6. The van der Waals surface area contributed by atoms with Gasteiger partial charge in [0.05, 0.1) is 0 Å². The molecule has 4 nitrogen and oxygen atoms in total. The highest BCUT2D eigenvalue weighted by atomic mass is 16.5. The minimum Gasteiger partial charge on any atom is -0.490 e. The molecule has 0 spiro atoms. The monoisotopic (exact) mass is 427 g/mol. The highest BCUT2D eigenvalue weighted by molar-refractivity contribution is 6.01. The zero-order valence-electron chi connectivity index (χ0n) is 18.6. The van der Waals surface area contributed by atoms with Crippen LogP contribution in [0.25, 0.3) is 16.7 Å². The van der Waals surface area contributed by atoms with Gasteiger partial charge in [-0.3, -0.25) is 4.79 Å². The van der Waals surface area contributed by atoms with Gasteiger partial charge < -0.3 is 15.2 Å². The van der Waals surface area contributed by atoms with E-state index in [4.69, 9.17) is 15.2 Å². The second-order valence-corrected chi connectivity index (χ2v) is 7.88. The Bertz CT molecular complexity index is 1070. The van der Waals surface area contributed by atoms with E-state index in [0.29, 0.717) is 13.2 Å². The molecular formula is C28H29NO3. The molecule has 4 rings (SSSR count). The van der Waals surface area contributed by atoms with E-state index < -0.39 is 12.0 Å². The normalized spacial score (nSPS) is 13.8. The van der Waals surface area contributed by atoms with Gasteiger partial charge in [0.25, 0.3) is 0 Å². The zero-order chi connectivity index (χ0) is 22.5. The van der Waals surface area contributed by atoms with E-state index in [1.165, 1.54) is 27.8 Å². The Morgan fingerprint density at radius 1 is 0.875 bits per heavy atom. The van der Waals surface area contributed by atoms with Crippen LogP contribution in [0.15, 0.2) is 78.9 Å². The summed E-state index contributed by atoms with van der Waals surface area (Å²) in [6.45, 7) is 4.83. The van der Waals surface area contributed by atoms with Gasteiger partial charge in [0.1, 0.15) is 18.5 Å². The number of fused-ring (bicyclic) bond motifs is 3. The van der Waals surface area contributed by atoms with Gasteiger partial charge in [-0.2, -0.15) is 0 Å². The van der Waals surface area contributed by atoms with Crippen LogP contribution in [0.2, 0.25) is 0 Å². The van der Waals surface area contributed by atoms with Crippen molar-refractivity contribution in [1.29, 1.82) is 0 Å². The third-order valence-electron chi connectivity index (χ3n) is 6.00. The van der Waals surface area contributed by atoms with Gasteiger partial charge in [-0.1, -0.05) is 67.6 Å². The maximum absolute atomic E-state index is 11.8. The van der Waals surface area contributed by atoms with Crippen LogP contribution in [-0.4, -0.2) is 25.2 Å². The molecule has 2 unspecified atom stereocenters. The molecule has 1 aliphatic rings. The van der Waals surface area contributed by atoms with Crippen LogP contribution in [-0.2, 0) is 9.53 Å². The maximum Gasteiger partial charge on any atom is 0.247 e. The van der Waals surface area contributed by atoms with E-state index >= 15 is 0 Å². The van der Waals surface area contributed by atoms with Crippen LogP contribution >= 0.6 is 0 Å². The number of rotatable bonds is 9. The summed E-state index contributed by atoms with van der Waals surface area (Å²) in [6, 6.07) is 24.8. The van der Waals surface area contributed by atoms with Gasteiger partial charge in [0.2, 0.25) is 5.91 Å². The Hall–Kier alpha value is -3.37. The summed E-state index contributed by atoms with van der Waals surface area (Å²) in [5.41, 5.74) is 12.8. The molecule has 4 heteroatoms. The summed E-state index contributed by atoms with van der Waals surface area (Å²) < 4.78 is 11.6. The van der Waals surface area contributed by atoms with Crippen molar-refractivity contribution in [3.05, 3.63) is 95.6 Å².